The Hall–Kier alpha value is -6.90. The molecule has 0 N–H and O–H groups in total. The Morgan fingerprint density at radius 3 is 1.71 bits per heavy atom. The maximum atomic E-state index is 2.44. The minimum absolute atomic E-state index is 0.160. The summed E-state index contributed by atoms with van der Waals surface area (Å²) in [5.74, 6) is 0. The molecule has 1 heterocycles. The molecule has 0 amide bonds. The Bertz CT molecular complexity index is 2870. The molecule has 0 bridgehead atoms. The number of benzene rings is 9. The van der Waals surface area contributed by atoms with Crippen LogP contribution in [-0.4, -0.2) is 0 Å². The summed E-state index contributed by atoms with van der Waals surface area (Å²) in [5.41, 5.74) is 11.9. The molecule has 262 valence electrons. The fourth-order valence-corrected chi connectivity index (χ4v) is 8.53. The van der Waals surface area contributed by atoms with Crippen LogP contribution in [0.3, 0.4) is 0 Å². The van der Waals surface area contributed by atoms with Crippen LogP contribution in [0.4, 0.5) is 34.1 Å². The molecule has 0 spiro atoms. The van der Waals surface area contributed by atoms with Crippen molar-refractivity contribution in [1.82, 2.24) is 0 Å². The normalized spacial score (nSPS) is 13.3. The first-order valence-corrected chi connectivity index (χ1v) is 19.1. The Morgan fingerprint density at radius 2 is 0.964 bits per heavy atom. The van der Waals surface area contributed by atoms with E-state index in [4.69, 9.17) is 0 Å². The Morgan fingerprint density at radius 1 is 0.400 bits per heavy atom. The summed E-state index contributed by atoms with van der Waals surface area (Å²) in [6, 6.07) is 70.5. The quantitative estimate of drug-likeness (QED) is 0.126. The van der Waals surface area contributed by atoms with Crippen LogP contribution in [0.5, 0.6) is 0 Å². The van der Waals surface area contributed by atoms with E-state index >= 15 is 0 Å². The van der Waals surface area contributed by atoms with Crippen LogP contribution < -0.4 is 9.80 Å². The van der Waals surface area contributed by atoms with Crippen LogP contribution in [0.2, 0.25) is 0 Å². The SMILES string of the molecule is CC1(C)c2ccccc2N(c2ccc3ccccc3c2)c2ccc(/C=C/c3ccc4c(ccc5cc(N(c6ccccc6)c6ccccc6)ccc54)c3)cc21. The third-order valence-electron chi connectivity index (χ3n) is 11.3. The van der Waals surface area contributed by atoms with E-state index < -0.39 is 0 Å². The summed E-state index contributed by atoms with van der Waals surface area (Å²) in [7, 11) is 0. The van der Waals surface area contributed by atoms with Crippen molar-refractivity contribution < 1.29 is 0 Å². The van der Waals surface area contributed by atoms with E-state index in [9.17, 15) is 0 Å². The lowest BCUT2D eigenvalue weighted by Crippen LogP contribution is -2.30. The lowest BCUT2D eigenvalue weighted by molar-refractivity contribution is 0.632. The van der Waals surface area contributed by atoms with Crippen LogP contribution in [0.1, 0.15) is 36.1 Å². The fraction of sp³-hybridized carbons (Fsp3) is 0.0566. The first-order chi connectivity index (χ1) is 27.0. The average Bonchev–Trinajstić information content (AvgIpc) is 3.24. The highest BCUT2D eigenvalue weighted by atomic mass is 15.2. The Balaban J connectivity index is 0.983. The number of nitrogens with zero attached hydrogens (tertiary/aromatic N) is 2. The van der Waals surface area contributed by atoms with Crippen LogP contribution in [0.25, 0.3) is 44.5 Å². The molecule has 1 aliphatic heterocycles. The van der Waals surface area contributed by atoms with Crippen molar-refractivity contribution in [1.29, 1.82) is 0 Å². The third-order valence-corrected chi connectivity index (χ3v) is 11.3. The third kappa shape index (κ3) is 5.75. The van der Waals surface area contributed by atoms with Gasteiger partial charge < -0.3 is 9.80 Å². The van der Waals surface area contributed by atoms with Gasteiger partial charge in [-0.3, -0.25) is 0 Å². The van der Waals surface area contributed by atoms with E-state index in [0.29, 0.717) is 0 Å². The van der Waals surface area contributed by atoms with Crippen LogP contribution in [-0.2, 0) is 5.41 Å². The average molecular weight is 705 g/mol. The molecule has 0 radical (unpaired) electrons. The maximum absolute atomic E-state index is 2.44. The van der Waals surface area contributed by atoms with Crippen molar-refractivity contribution in [3.63, 3.8) is 0 Å². The molecule has 0 saturated carbocycles. The predicted molar refractivity (Wildman–Crippen MR) is 236 cm³/mol. The summed E-state index contributed by atoms with van der Waals surface area (Å²) >= 11 is 0. The standard InChI is InChI=1S/C53H40N2/c1-53(2)49-19-11-12-20-51(49)55(46-28-27-39-13-9-10-14-40(39)35-46)52-32-24-38(34-50(52)53)22-21-37-23-30-47-41(33-37)25-26-42-36-45(29-31-48(42)47)54(43-15-5-3-6-16-43)44-17-7-4-8-18-44/h3-36H,1-2H3/b22-21+. The number of rotatable bonds is 6. The molecule has 0 aliphatic carbocycles. The largest absolute Gasteiger partial charge is 0.310 e. The summed E-state index contributed by atoms with van der Waals surface area (Å²) in [4.78, 5) is 4.76. The molecule has 55 heavy (non-hydrogen) atoms. The molecular formula is C53H40N2. The highest BCUT2D eigenvalue weighted by Crippen LogP contribution is 2.52. The molecule has 2 heteroatoms. The van der Waals surface area contributed by atoms with Gasteiger partial charge in [-0.05, 0) is 127 Å². The maximum Gasteiger partial charge on any atom is 0.0503 e. The van der Waals surface area contributed by atoms with Gasteiger partial charge in [-0.15, -0.1) is 0 Å². The second-order valence-corrected chi connectivity index (χ2v) is 15.1. The van der Waals surface area contributed by atoms with Crippen LogP contribution in [0.15, 0.2) is 194 Å². The van der Waals surface area contributed by atoms with Crippen molar-refractivity contribution in [2.45, 2.75) is 19.3 Å². The van der Waals surface area contributed by atoms with Gasteiger partial charge in [0, 0.05) is 28.2 Å². The van der Waals surface area contributed by atoms with Crippen molar-refractivity contribution in [2.24, 2.45) is 0 Å². The first kappa shape index (κ1) is 32.7. The first-order valence-electron chi connectivity index (χ1n) is 19.1. The molecule has 9 aromatic carbocycles. The number of hydrogen-bond donors (Lipinski definition) is 0. The zero-order chi connectivity index (χ0) is 36.9. The van der Waals surface area contributed by atoms with Gasteiger partial charge in [0.25, 0.3) is 0 Å². The van der Waals surface area contributed by atoms with E-state index in [-0.39, 0.29) is 5.41 Å². The summed E-state index contributed by atoms with van der Waals surface area (Å²) < 4.78 is 0. The Labute approximate surface area is 322 Å². The summed E-state index contributed by atoms with van der Waals surface area (Å²) in [6.07, 6.45) is 4.50. The van der Waals surface area contributed by atoms with Gasteiger partial charge in [0.05, 0.1) is 11.4 Å². The molecular weight excluding hydrogens is 665 g/mol. The number of para-hydroxylation sites is 3. The highest BCUT2D eigenvalue weighted by molar-refractivity contribution is 6.09. The van der Waals surface area contributed by atoms with Gasteiger partial charge in [-0.2, -0.15) is 0 Å². The number of hydrogen-bond acceptors (Lipinski definition) is 2. The molecule has 1 aliphatic rings. The second kappa shape index (κ2) is 13.2. The Kier molecular flexibility index (Phi) is 7.85. The molecule has 0 fully saturated rings. The van der Waals surface area contributed by atoms with Gasteiger partial charge >= 0.3 is 0 Å². The minimum Gasteiger partial charge on any atom is -0.310 e. The summed E-state index contributed by atoms with van der Waals surface area (Å²) in [5, 5.41) is 7.47. The second-order valence-electron chi connectivity index (χ2n) is 15.1. The molecule has 0 unspecified atom stereocenters. The van der Waals surface area contributed by atoms with Crippen molar-refractivity contribution in [3.8, 4) is 0 Å². The van der Waals surface area contributed by atoms with Crippen LogP contribution in [0, 0.1) is 0 Å². The zero-order valence-electron chi connectivity index (χ0n) is 31.0. The lowest BCUT2D eigenvalue weighted by Gasteiger charge is -2.42. The molecule has 0 atom stereocenters. The van der Waals surface area contributed by atoms with E-state index in [1.807, 2.05) is 0 Å². The van der Waals surface area contributed by atoms with Gasteiger partial charge in [0.15, 0.2) is 0 Å². The van der Waals surface area contributed by atoms with E-state index in [1.165, 1.54) is 71.6 Å². The lowest BCUT2D eigenvalue weighted by atomic mass is 9.73. The van der Waals surface area contributed by atoms with Gasteiger partial charge in [-0.25, -0.2) is 0 Å². The van der Waals surface area contributed by atoms with Crippen molar-refractivity contribution in [3.05, 3.63) is 216 Å². The van der Waals surface area contributed by atoms with Gasteiger partial charge in [0.1, 0.15) is 0 Å². The summed E-state index contributed by atoms with van der Waals surface area (Å²) in [6.45, 7) is 4.71. The smallest absolute Gasteiger partial charge is 0.0503 e. The minimum atomic E-state index is -0.160. The molecule has 9 aromatic rings. The van der Waals surface area contributed by atoms with Gasteiger partial charge in [-0.1, -0.05) is 147 Å². The molecule has 2 nitrogen and oxygen atoms in total. The van der Waals surface area contributed by atoms with E-state index in [1.54, 1.807) is 0 Å². The fourth-order valence-electron chi connectivity index (χ4n) is 8.53. The highest BCUT2D eigenvalue weighted by Gasteiger charge is 2.36. The van der Waals surface area contributed by atoms with E-state index in [2.05, 4.69) is 230 Å². The van der Waals surface area contributed by atoms with Crippen LogP contribution >= 0.6 is 0 Å². The molecule has 10 rings (SSSR count). The molecule has 0 aromatic heterocycles. The monoisotopic (exact) mass is 704 g/mol. The topological polar surface area (TPSA) is 6.48 Å². The zero-order valence-corrected chi connectivity index (χ0v) is 31.0. The van der Waals surface area contributed by atoms with Gasteiger partial charge in [0.2, 0.25) is 0 Å². The number of anilines is 6. The van der Waals surface area contributed by atoms with Crippen molar-refractivity contribution in [2.75, 3.05) is 9.80 Å². The van der Waals surface area contributed by atoms with E-state index in [0.717, 1.165) is 17.1 Å². The molecule has 0 saturated heterocycles. The predicted octanol–water partition coefficient (Wildman–Crippen LogP) is 14.9. The van der Waals surface area contributed by atoms with Crippen molar-refractivity contribution >= 4 is 78.6 Å². The number of fused-ring (bicyclic) bond motifs is 6.